The van der Waals surface area contributed by atoms with Gasteiger partial charge >= 0.3 is 6.61 Å². The molecule has 0 aliphatic carbocycles. The minimum absolute atomic E-state index is 0.0314. The summed E-state index contributed by atoms with van der Waals surface area (Å²) in [4.78, 5) is 25.3. The van der Waals surface area contributed by atoms with E-state index in [2.05, 4.69) is 10.1 Å². The molecule has 1 fully saturated rings. The van der Waals surface area contributed by atoms with Crippen molar-refractivity contribution in [2.45, 2.75) is 19.5 Å². The highest BCUT2D eigenvalue weighted by atomic mass is 19.3. The van der Waals surface area contributed by atoms with E-state index in [1.54, 1.807) is 6.07 Å². The lowest BCUT2D eigenvalue weighted by atomic mass is 10.1. The summed E-state index contributed by atoms with van der Waals surface area (Å²) in [5, 5.41) is 13.7. The highest BCUT2D eigenvalue weighted by Gasteiger charge is 2.22. The fourth-order valence-electron chi connectivity index (χ4n) is 2.97. The minimum atomic E-state index is -2.93. The SMILES string of the molecule is O=C(Nc1ccc(OC(F)F)cc1)c1cc([N+](=O)[O-])ccc1N1CCCC1. The fraction of sp³-hybridized carbons (Fsp3) is 0.278. The zero-order valence-corrected chi connectivity index (χ0v) is 14.2. The highest BCUT2D eigenvalue weighted by molar-refractivity contribution is 6.08. The van der Waals surface area contributed by atoms with Crippen molar-refractivity contribution in [2.75, 3.05) is 23.3 Å². The number of nitrogens with one attached hydrogen (secondary N) is 1. The van der Waals surface area contributed by atoms with E-state index in [0.29, 0.717) is 11.4 Å². The third-order valence-electron chi connectivity index (χ3n) is 4.22. The van der Waals surface area contributed by atoms with E-state index in [9.17, 15) is 23.7 Å². The Hall–Kier alpha value is -3.23. The summed E-state index contributed by atoms with van der Waals surface area (Å²) in [5.74, 6) is -0.542. The average Bonchev–Trinajstić information content (AvgIpc) is 3.17. The summed E-state index contributed by atoms with van der Waals surface area (Å²) in [7, 11) is 0. The minimum Gasteiger partial charge on any atom is -0.435 e. The molecule has 3 rings (SSSR count). The molecule has 2 aromatic rings. The molecule has 0 spiro atoms. The van der Waals surface area contributed by atoms with Crippen molar-refractivity contribution in [3.63, 3.8) is 0 Å². The van der Waals surface area contributed by atoms with Gasteiger partial charge in [0.2, 0.25) is 0 Å². The van der Waals surface area contributed by atoms with Crippen LogP contribution in [0.5, 0.6) is 5.75 Å². The van der Waals surface area contributed by atoms with Crippen molar-refractivity contribution in [3.8, 4) is 5.75 Å². The van der Waals surface area contributed by atoms with Gasteiger partial charge in [0, 0.05) is 30.9 Å². The van der Waals surface area contributed by atoms with Gasteiger partial charge in [0.05, 0.1) is 16.2 Å². The van der Waals surface area contributed by atoms with E-state index < -0.39 is 17.4 Å². The lowest BCUT2D eigenvalue weighted by Gasteiger charge is -2.21. The fourth-order valence-corrected chi connectivity index (χ4v) is 2.97. The number of alkyl halides is 2. The average molecular weight is 377 g/mol. The second kappa shape index (κ2) is 7.98. The van der Waals surface area contributed by atoms with Gasteiger partial charge < -0.3 is 15.0 Å². The maximum atomic E-state index is 12.7. The standard InChI is InChI=1S/C18H17F2N3O4/c19-18(20)27-14-6-3-12(4-7-14)21-17(24)15-11-13(23(25)26)5-8-16(15)22-9-1-2-10-22/h3-8,11,18H,1-2,9-10H2,(H,21,24). The topological polar surface area (TPSA) is 84.7 Å². The number of amides is 1. The third-order valence-corrected chi connectivity index (χ3v) is 4.22. The van der Waals surface area contributed by atoms with Crippen LogP contribution in [0.25, 0.3) is 0 Å². The Balaban J connectivity index is 1.83. The van der Waals surface area contributed by atoms with Crippen LogP contribution in [-0.4, -0.2) is 30.5 Å². The molecule has 1 aliphatic rings. The predicted octanol–water partition coefficient (Wildman–Crippen LogP) is 4.05. The first-order chi connectivity index (χ1) is 12.9. The number of nitro benzene ring substituents is 1. The van der Waals surface area contributed by atoms with Crippen molar-refractivity contribution in [3.05, 3.63) is 58.1 Å². The normalized spacial score (nSPS) is 13.7. The number of carbonyl (C=O) groups is 1. The van der Waals surface area contributed by atoms with Crippen LogP contribution in [-0.2, 0) is 0 Å². The molecular weight excluding hydrogens is 360 g/mol. The monoisotopic (exact) mass is 377 g/mol. The van der Waals surface area contributed by atoms with Gasteiger partial charge in [0.15, 0.2) is 0 Å². The Morgan fingerprint density at radius 3 is 2.41 bits per heavy atom. The van der Waals surface area contributed by atoms with Gasteiger partial charge in [-0.2, -0.15) is 8.78 Å². The number of anilines is 2. The zero-order valence-electron chi connectivity index (χ0n) is 14.2. The molecular formula is C18H17F2N3O4. The molecule has 1 amide bonds. The number of nitro groups is 1. The lowest BCUT2D eigenvalue weighted by molar-refractivity contribution is -0.384. The molecule has 0 unspecified atom stereocenters. The number of hydrogen-bond donors (Lipinski definition) is 1. The molecule has 2 aromatic carbocycles. The van der Waals surface area contributed by atoms with Crippen molar-refractivity contribution in [1.29, 1.82) is 0 Å². The maximum Gasteiger partial charge on any atom is 0.387 e. The van der Waals surface area contributed by atoms with Gasteiger partial charge in [0.25, 0.3) is 11.6 Å². The maximum absolute atomic E-state index is 12.7. The van der Waals surface area contributed by atoms with Gasteiger partial charge in [-0.05, 0) is 43.2 Å². The molecule has 9 heteroatoms. The Morgan fingerprint density at radius 1 is 1.15 bits per heavy atom. The first-order valence-corrected chi connectivity index (χ1v) is 8.33. The highest BCUT2D eigenvalue weighted by Crippen LogP contribution is 2.29. The summed E-state index contributed by atoms with van der Waals surface area (Å²) in [6.45, 7) is -1.38. The van der Waals surface area contributed by atoms with Crippen LogP contribution in [0, 0.1) is 10.1 Å². The third kappa shape index (κ3) is 4.49. The van der Waals surface area contributed by atoms with E-state index in [0.717, 1.165) is 25.9 Å². The predicted molar refractivity (Wildman–Crippen MR) is 95.6 cm³/mol. The molecule has 0 aromatic heterocycles. The van der Waals surface area contributed by atoms with E-state index >= 15 is 0 Å². The van der Waals surface area contributed by atoms with E-state index in [4.69, 9.17) is 0 Å². The molecule has 1 aliphatic heterocycles. The number of nitrogens with zero attached hydrogens (tertiary/aromatic N) is 2. The smallest absolute Gasteiger partial charge is 0.387 e. The second-order valence-corrected chi connectivity index (χ2v) is 6.01. The van der Waals surface area contributed by atoms with Crippen molar-refractivity contribution >= 4 is 23.0 Å². The van der Waals surface area contributed by atoms with E-state index in [1.807, 2.05) is 4.90 Å². The summed E-state index contributed by atoms with van der Waals surface area (Å²) < 4.78 is 28.7. The van der Waals surface area contributed by atoms with Crippen LogP contribution in [0.3, 0.4) is 0 Å². The summed E-state index contributed by atoms with van der Waals surface area (Å²) in [6, 6.07) is 9.65. The van der Waals surface area contributed by atoms with E-state index in [1.165, 1.54) is 36.4 Å². The lowest BCUT2D eigenvalue weighted by Crippen LogP contribution is -2.23. The van der Waals surface area contributed by atoms with Gasteiger partial charge in [-0.3, -0.25) is 14.9 Å². The number of halogens is 2. The van der Waals surface area contributed by atoms with E-state index in [-0.39, 0.29) is 17.0 Å². The Labute approximate surface area is 153 Å². The Bertz CT molecular complexity index is 837. The van der Waals surface area contributed by atoms with Gasteiger partial charge in [0.1, 0.15) is 5.75 Å². The largest absolute Gasteiger partial charge is 0.435 e. The second-order valence-electron chi connectivity index (χ2n) is 6.01. The van der Waals surface area contributed by atoms with Gasteiger partial charge in [-0.15, -0.1) is 0 Å². The number of ether oxygens (including phenoxy) is 1. The Kier molecular flexibility index (Phi) is 5.49. The summed E-state index contributed by atoms with van der Waals surface area (Å²) in [5.41, 5.74) is 1.01. The van der Waals surface area contributed by atoms with Gasteiger partial charge in [-0.25, -0.2) is 0 Å². The molecule has 27 heavy (non-hydrogen) atoms. The molecule has 0 atom stereocenters. The number of non-ortho nitro benzene ring substituents is 1. The van der Waals surface area contributed by atoms with Crippen LogP contribution in [0.1, 0.15) is 23.2 Å². The number of rotatable bonds is 6. The first kappa shape index (κ1) is 18.6. The molecule has 1 heterocycles. The molecule has 7 nitrogen and oxygen atoms in total. The quantitative estimate of drug-likeness (QED) is 0.606. The van der Waals surface area contributed by atoms with Crippen molar-refractivity contribution < 1.29 is 23.2 Å². The molecule has 1 saturated heterocycles. The van der Waals surface area contributed by atoms with Crippen molar-refractivity contribution in [1.82, 2.24) is 0 Å². The molecule has 0 radical (unpaired) electrons. The Morgan fingerprint density at radius 2 is 1.81 bits per heavy atom. The summed E-state index contributed by atoms with van der Waals surface area (Å²) in [6.07, 6.45) is 1.98. The van der Waals surface area contributed by atoms with Crippen LogP contribution in [0.2, 0.25) is 0 Å². The molecule has 1 N–H and O–H groups in total. The van der Waals surface area contributed by atoms with Gasteiger partial charge in [-0.1, -0.05) is 0 Å². The first-order valence-electron chi connectivity index (χ1n) is 8.33. The number of benzene rings is 2. The molecule has 0 saturated carbocycles. The number of hydrogen-bond acceptors (Lipinski definition) is 5. The zero-order chi connectivity index (χ0) is 19.4. The molecule has 142 valence electrons. The van der Waals surface area contributed by atoms with Crippen LogP contribution in [0.15, 0.2) is 42.5 Å². The van der Waals surface area contributed by atoms with Crippen molar-refractivity contribution in [2.24, 2.45) is 0 Å². The van der Waals surface area contributed by atoms with Crippen LogP contribution in [0.4, 0.5) is 25.8 Å². The molecule has 0 bridgehead atoms. The van der Waals surface area contributed by atoms with Crippen LogP contribution >= 0.6 is 0 Å². The summed E-state index contributed by atoms with van der Waals surface area (Å²) >= 11 is 0. The van der Waals surface area contributed by atoms with Crippen LogP contribution < -0.4 is 15.0 Å². The number of carbonyl (C=O) groups excluding carboxylic acids is 1.